The first-order chi connectivity index (χ1) is 3.83. The van der Waals surface area contributed by atoms with E-state index in [-0.39, 0.29) is 0 Å². The van der Waals surface area contributed by atoms with Gasteiger partial charge in [-0.3, -0.25) is 0 Å². The van der Waals surface area contributed by atoms with Crippen molar-refractivity contribution in [2.75, 3.05) is 7.11 Å². The van der Waals surface area contributed by atoms with Crippen molar-refractivity contribution >= 4 is 0 Å². The number of rotatable bonds is 0. The van der Waals surface area contributed by atoms with Crippen LogP contribution in [-0.2, 0) is 0 Å². The fourth-order valence-corrected chi connectivity index (χ4v) is 0. The third-order valence-corrected chi connectivity index (χ3v) is 0. The summed E-state index contributed by atoms with van der Waals surface area (Å²) in [7, 11) is 1.00. The Bertz CT molecular complexity index is 18.3. The van der Waals surface area contributed by atoms with E-state index in [1.165, 1.54) is 6.42 Å². The molecule has 0 saturated heterocycles. The highest BCUT2D eigenvalue weighted by molar-refractivity contribution is 4.51. The molecule has 1 heteroatoms. The van der Waals surface area contributed by atoms with E-state index >= 15 is 0 Å². The van der Waals surface area contributed by atoms with Crippen molar-refractivity contribution in [3.63, 3.8) is 0 Å². The Balaban J connectivity index is -0.0000000483. The molecule has 0 aromatic heterocycles. The summed E-state index contributed by atoms with van der Waals surface area (Å²) < 4.78 is 0. The molecule has 0 radical (unpaired) electrons. The van der Waals surface area contributed by atoms with E-state index in [1.54, 1.807) is 6.08 Å². The molecule has 0 aliphatic heterocycles. The van der Waals surface area contributed by atoms with Crippen molar-refractivity contribution in [1.82, 2.24) is 0 Å². The zero-order valence-electron chi connectivity index (χ0n) is 6.44. The molecule has 0 bridgehead atoms. The van der Waals surface area contributed by atoms with Crippen molar-refractivity contribution in [2.45, 2.75) is 27.2 Å². The predicted octanol–water partition coefficient (Wildman–Crippen LogP) is 2.22. The van der Waals surface area contributed by atoms with Gasteiger partial charge >= 0.3 is 0 Å². The van der Waals surface area contributed by atoms with Crippen LogP contribution >= 0.6 is 0 Å². The maximum atomic E-state index is 7.00. The molecule has 0 unspecified atom stereocenters. The zero-order valence-corrected chi connectivity index (χ0v) is 6.44. The highest BCUT2D eigenvalue weighted by Crippen LogP contribution is 1.56. The molecule has 0 fully saturated rings. The predicted molar refractivity (Wildman–Crippen MR) is 40.0 cm³/mol. The van der Waals surface area contributed by atoms with Crippen LogP contribution in [0.1, 0.15) is 27.2 Å². The lowest BCUT2D eigenvalue weighted by molar-refractivity contribution is 0.399. The van der Waals surface area contributed by atoms with Crippen LogP contribution in [0.15, 0.2) is 12.7 Å². The van der Waals surface area contributed by atoms with Gasteiger partial charge in [-0.25, -0.2) is 0 Å². The molecule has 0 heterocycles. The number of allylic oxidation sites excluding steroid dienone is 1. The van der Waals surface area contributed by atoms with Crippen LogP contribution in [0.2, 0.25) is 0 Å². The molecule has 1 nitrogen and oxygen atoms in total. The highest BCUT2D eigenvalue weighted by Gasteiger charge is 1.35. The lowest BCUT2D eigenvalue weighted by Crippen LogP contribution is -1.27. The number of hydrogen-bond acceptors (Lipinski definition) is 1. The van der Waals surface area contributed by atoms with Crippen LogP contribution in [-0.4, -0.2) is 12.2 Å². The van der Waals surface area contributed by atoms with Gasteiger partial charge in [0.25, 0.3) is 0 Å². The van der Waals surface area contributed by atoms with Crippen LogP contribution in [0.25, 0.3) is 0 Å². The lowest BCUT2D eigenvalue weighted by atomic mass is 10.6. The Morgan fingerprint density at radius 2 is 1.38 bits per heavy atom. The summed E-state index contributed by atoms with van der Waals surface area (Å²) in [5.41, 5.74) is 0. The SMILES string of the molecule is C=CC.CCC.CO. The van der Waals surface area contributed by atoms with Crippen LogP contribution in [0.3, 0.4) is 0 Å². The van der Waals surface area contributed by atoms with E-state index in [0.29, 0.717) is 0 Å². The Kier molecular flexibility index (Phi) is 147. The summed E-state index contributed by atoms with van der Waals surface area (Å²) in [6.07, 6.45) is 3.00. The van der Waals surface area contributed by atoms with Gasteiger partial charge in [-0.1, -0.05) is 26.3 Å². The van der Waals surface area contributed by atoms with Crippen molar-refractivity contribution in [3.8, 4) is 0 Å². The van der Waals surface area contributed by atoms with Crippen LogP contribution in [0.5, 0.6) is 0 Å². The van der Waals surface area contributed by atoms with Gasteiger partial charge in [0.1, 0.15) is 0 Å². The van der Waals surface area contributed by atoms with Crippen molar-refractivity contribution < 1.29 is 5.11 Å². The summed E-state index contributed by atoms with van der Waals surface area (Å²) in [5.74, 6) is 0. The third kappa shape index (κ3) is 1400. The molecule has 8 heavy (non-hydrogen) atoms. The standard InChI is InChI=1S/C3H8.C3H6.CH4O/c2*1-3-2;1-2/h3H2,1-2H3;3H,1H2,2H3;2H,1H3. The minimum atomic E-state index is 1.00. The van der Waals surface area contributed by atoms with Gasteiger partial charge in [0.15, 0.2) is 0 Å². The Morgan fingerprint density at radius 1 is 1.38 bits per heavy atom. The Labute approximate surface area is 53.0 Å². The van der Waals surface area contributed by atoms with Crippen molar-refractivity contribution in [3.05, 3.63) is 12.7 Å². The largest absolute Gasteiger partial charge is 0.400 e. The third-order valence-electron chi connectivity index (χ3n) is 0. The maximum Gasteiger partial charge on any atom is 0.0319 e. The average molecular weight is 118 g/mol. The fraction of sp³-hybridized carbons (Fsp3) is 0.714. The van der Waals surface area contributed by atoms with E-state index in [4.69, 9.17) is 5.11 Å². The molecule has 0 aromatic rings. The van der Waals surface area contributed by atoms with E-state index < -0.39 is 0 Å². The van der Waals surface area contributed by atoms with E-state index in [2.05, 4.69) is 20.4 Å². The summed E-state index contributed by atoms with van der Waals surface area (Å²) in [4.78, 5) is 0. The van der Waals surface area contributed by atoms with E-state index in [9.17, 15) is 0 Å². The molecule has 0 aliphatic rings. The van der Waals surface area contributed by atoms with Crippen molar-refractivity contribution in [1.29, 1.82) is 0 Å². The molecule has 1 N–H and O–H groups in total. The minimum Gasteiger partial charge on any atom is -0.400 e. The summed E-state index contributed by atoms with van der Waals surface area (Å²) in [5, 5.41) is 7.00. The zero-order chi connectivity index (χ0) is 7.41. The monoisotopic (exact) mass is 118 g/mol. The van der Waals surface area contributed by atoms with Gasteiger partial charge < -0.3 is 5.11 Å². The van der Waals surface area contributed by atoms with Gasteiger partial charge in [-0.15, -0.1) is 6.58 Å². The van der Waals surface area contributed by atoms with Crippen LogP contribution in [0.4, 0.5) is 0 Å². The average Bonchev–Trinajstić information content (AvgIpc) is 1.75. The summed E-state index contributed by atoms with van der Waals surface area (Å²) in [6, 6.07) is 0. The molecule has 52 valence electrons. The Hall–Kier alpha value is -0.300. The van der Waals surface area contributed by atoms with Gasteiger partial charge in [-0.05, 0) is 6.92 Å². The first kappa shape index (κ1) is 15.6. The minimum absolute atomic E-state index is 1.00. The lowest BCUT2D eigenvalue weighted by Gasteiger charge is -1.48. The van der Waals surface area contributed by atoms with Gasteiger partial charge in [0, 0.05) is 7.11 Å². The first-order valence-corrected chi connectivity index (χ1v) is 2.85. The second-order valence-corrected chi connectivity index (χ2v) is 1.12. The molecule has 0 spiro atoms. The smallest absolute Gasteiger partial charge is 0.0319 e. The summed E-state index contributed by atoms with van der Waals surface area (Å²) >= 11 is 0. The number of aliphatic hydroxyl groups excluding tert-OH is 1. The Morgan fingerprint density at radius 3 is 1.38 bits per heavy atom. The van der Waals surface area contributed by atoms with Gasteiger partial charge in [-0.2, -0.15) is 0 Å². The van der Waals surface area contributed by atoms with Crippen LogP contribution < -0.4 is 0 Å². The first-order valence-electron chi connectivity index (χ1n) is 2.85. The molecule has 0 aliphatic carbocycles. The second-order valence-electron chi connectivity index (χ2n) is 1.12. The normalized spacial score (nSPS) is 4.62. The molecular formula is C7H18O. The second kappa shape index (κ2) is 75.3. The van der Waals surface area contributed by atoms with E-state index in [1.807, 2.05) is 6.92 Å². The van der Waals surface area contributed by atoms with E-state index in [0.717, 1.165) is 7.11 Å². The van der Waals surface area contributed by atoms with Crippen LogP contribution in [0, 0.1) is 0 Å². The highest BCUT2D eigenvalue weighted by atomic mass is 16.2. The topological polar surface area (TPSA) is 20.2 Å². The quantitative estimate of drug-likeness (QED) is 0.483. The molecule has 0 amide bonds. The maximum absolute atomic E-state index is 7.00. The number of aliphatic hydroxyl groups is 1. The number of hydrogen-bond donors (Lipinski definition) is 1. The molecule has 0 atom stereocenters. The molecule has 0 saturated carbocycles. The van der Waals surface area contributed by atoms with Gasteiger partial charge in [0.2, 0.25) is 0 Å². The summed E-state index contributed by atoms with van der Waals surface area (Å²) in [6.45, 7) is 9.50. The van der Waals surface area contributed by atoms with Gasteiger partial charge in [0.05, 0.1) is 0 Å². The van der Waals surface area contributed by atoms with Crippen molar-refractivity contribution in [2.24, 2.45) is 0 Å². The molecule has 0 aromatic carbocycles. The fourth-order valence-electron chi connectivity index (χ4n) is 0. The molecule has 0 rings (SSSR count). The molecular weight excluding hydrogens is 100 g/mol.